The van der Waals surface area contributed by atoms with E-state index >= 15 is 0 Å². The van der Waals surface area contributed by atoms with Crippen LogP contribution in [0.2, 0.25) is 0 Å². The fourth-order valence-corrected chi connectivity index (χ4v) is 17.1. The molecule has 2 aromatic carbocycles. The lowest BCUT2D eigenvalue weighted by Gasteiger charge is -2.38. The van der Waals surface area contributed by atoms with Crippen LogP contribution < -0.4 is 11.5 Å². The average Bonchev–Trinajstić information content (AvgIpc) is 1.60. The number of ether oxygens (including phenoxy) is 11. The lowest BCUT2D eigenvalue weighted by molar-refractivity contribution is -0.167. The summed E-state index contributed by atoms with van der Waals surface area (Å²) in [6.07, 6.45) is 15.7. The number of Topliss-reactive ketones (excluding diaryl/α,β-unsaturated/α-hetero) is 2. The highest BCUT2D eigenvalue weighted by Crippen LogP contribution is 2.37. The van der Waals surface area contributed by atoms with Crippen molar-refractivity contribution in [2.45, 2.75) is 212 Å². The summed E-state index contributed by atoms with van der Waals surface area (Å²) >= 11 is 0. The van der Waals surface area contributed by atoms with Crippen molar-refractivity contribution >= 4 is 69.4 Å². The normalized spacial score (nSPS) is 26.5. The number of carbonyl (C=O) groups excluding carboxylic acids is 6. The molecule has 6 N–H and O–H groups in total. The summed E-state index contributed by atoms with van der Waals surface area (Å²) in [4.78, 5) is 104. The first-order chi connectivity index (χ1) is 58.6. The molecule has 6 aliphatic rings. The minimum absolute atomic E-state index is 0.0460. The van der Waals surface area contributed by atoms with Crippen molar-refractivity contribution < 1.29 is 95.5 Å². The molecule has 2 unspecified atom stereocenters. The number of amides is 3. The predicted molar refractivity (Wildman–Crippen MR) is 453 cm³/mol. The largest absolute Gasteiger partial charge is 0.461 e. The van der Waals surface area contributed by atoms with Gasteiger partial charge in [0.25, 0.3) is 11.9 Å². The van der Waals surface area contributed by atoms with Gasteiger partial charge in [-0.05, 0) is 155 Å². The molecule has 13 atom stereocenters. The van der Waals surface area contributed by atoms with Gasteiger partial charge in [-0.15, -0.1) is 0 Å². The highest BCUT2D eigenvalue weighted by Gasteiger charge is 2.43. The zero-order valence-corrected chi connectivity index (χ0v) is 71.8. The maximum atomic E-state index is 14.6. The second-order valence-corrected chi connectivity index (χ2v) is 33.2. The number of carbonyl (C=O) groups is 6. The molecule has 1 saturated carbocycles. The molecule has 31 heteroatoms. The third-order valence-corrected chi connectivity index (χ3v) is 24.3. The third-order valence-electron chi connectivity index (χ3n) is 24.3. The minimum atomic E-state index is -1.05. The van der Waals surface area contributed by atoms with Gasteiger partial charge in [-0.1, -0.05) is 75.4 Å². The quantitative estimate of drug-likeness (QED) is 0.0144. The van der Waals surface area contributed by atoms with E-state index in [1.165, 1.54) is 16.8 Å². The fraction of sp³-hybridized carbons (Fsp3) is 0.644. The number of piperazine rings is 1. The van der Waals surface area contributed by atoms with E-state index in [-0.39, 0.29) is 85.7 Å². The number of allylic oxidation sites excluding steroid dienone is 5. The Kier molecular flexibility index (Phi) is 36.6. The van der Waals surface area contributed by atoms with Gasteiger partial charge in [0.05, 0.1) is 128 Å². The molecule has 4 fully saturated rings. The summed E-state index contributed by atoms with van der Waals surface area (Å²) in [5.41, 5.74) is 20.3. The number of piperidine rings is 1. The second kappa shape index (κ2) is 47.4. The van der Waals surface area contributed by atoms with Crippen molar-refractivity contribution in [3.05, 3.63) is 107 Å². The molecular formula is C90H129N11O20. The standard InChI is InChI=1S/C90H129N11O20/c1-59-14-9-8-10-15-60(2)79(110-6)54-69-16-13-18-78(118-69)84(106)87(107)100-29-12-11-17-72(100)88(108)119-70(53-73(102)62(4)49-63(5)75(104)55-74(103)61(3)48-59)24-20-64-21-25-77(80(51-64)111-7)121-90(109)98-33-31-97(32-34-98)35-37-113-39-41-115-43-45-117-47-46-116-44-42-114-40-38-112-36-28-81(105)99-30-27-66-50-65(19-22-68(66)57-99)56-101-86-82(85(91)93-58-94-86)83(96-101)67-23-26-76-71(52-67)95-89(92)120-76/h8-10,14-15,19,22-23,26,49-50,52,58-59,61-62,64,69-70,72-73,75,77-80,102,104H,11-13,16-18,20-21,24-25,27-48,51,53-57H2,1-7H3,(H2,92,95)(H2,91,93,94)/b10-8?,14-9+,60-15?,63-49+/t59-,61-,62-,64-,69?,70-,72+,73-,75+,77-,78?,79+,80-/m1/s1. The highest BCUT2D eigenvalue weighted by molar-refractivity contribution is 6.38. The van der Waals surface area contributed by atoms with Crippen molar-refractivity contribution in [2.24, 2.45) is 23.7 Å². The van der Waals surface area contributed by atoms with Crippen molar-refractivity contribution in [1.82, 2.24) is 44.3 Å². The number of fused-ring (bicyclic) bond motifs is 6. The fourth-order valence-electron chi connectivity index (χ4n) is 17.1. The Labute approximate surface area is 710 Å². The summed E-state index contributed by atoms with van der Waals surface area (Å²) in [6, 6.07) is 10.9. The average molecular weight is 1690 g/mol. The first kappa shape index (κ1) is 93.3. The smallest absolute Gasteiger partial charge is 0.410 e. The summed E-state index contributed by atoms with van der Waals surface area (Å²) in [7, 11) is 3.26. The Bertz CT molecular complexity index is 4310. The number of hydrogen-bond acceptors (Lipinski definition) is 27. The number of methoxy groups -OCH3 is 2. The number of aliphatic hydroxyl groups is 2. The van der Waals surface area contributed by atoms with E-state index in [1.807, 2.05) is 66.8 Å². The van der Waals surface area contributed by atoms with Crippen LogP contribution in [0.25, 0.3) is 33.4 Å². The molecule has 11 rings (SSSR count). The molecule has 5 aliphatic heterocycles. The molecule has 1 aliphatic carbocycles. The van der Waals surface area contributed by atoms with E-state index in [0.29, 0.717) is 254 Å². The lowest BCUT2D eigenvalue weighted by atomic mass is 9.81. The van der Waals surface area contributed by atoms with Crippen LogP contribution in [0.15, 0.2) is 94.7 Å². The lowest BCUT2D eigenvalue weighted by Crippen LogP contribution is -2.54. The highest BCUT2D eigenvalue weighted by atomic mass is 16.6. The van der Waals surface area contributed by atoms with Crippen LogP contribution in [-0.2, 0) is 95.6 Å². The number of nitrogen functional groups attached to an aromatic ring is 2. The summed E-state index contributed by atoms with van der Waals surface area (Å²) in [5.74, 6) is -2.36. The number of cyclic esters (lactones) is 1. The zero-order valence-electron chi connectivity index (χ0n) is 71.8. The number of oxazole rings is 1. The molecule has 3 saturated heterocycles. The van der Waals surface area contributed by atoms with Crippen molar-refractivity contribution in [1.29, 1.82) is 0 Å². The molecule has 3 aromatic heterocycles. The number of nitrogens with two attached hydrogens (primary N) is 2. The third kappa shape index (κ3) is 27.5. The number of benzene rings is 2. The molecule has 121 heavy (non-hydrogen) atoms. The summed E-state index contributed by atoms with van der Waals surface area (Å²) in [5, 5.41) is 28.8. The first-order valence-corrected chi connectivity index (χ1v) is 43.6. The maximum absolute atomic E-state index is 14.6. The number of rotatable bonds is 30. The predicted octanol–water partition coefficient (Wildman–Crippen LogP) is 9.53. The summed E-state index contributed by atoms with van der Waals surface area (Å²) in [6.45, 7) is 19.3. The van der Waals surface area contributed by atoms with Gasteiger partial charge >= 0.3 is 12.1 Å². The van der Waals surface area contributed by atoms with Crippen LogP contribution >= 0.6 is 0 Å². The molecular weight excluding hydrogens is 1560 g/mol. The number of aromatic nitrogens is 5. The van der Waals surface area contributed by atoms with Crippen LogP contribution in [0, 0.1) is 23.7 Å². The van der Waals surface area contributed by atoms with E-state index in [2.05, 4.69) is 51.1 Å². The molecule has 8 heterocycles. The van der Waals surface area contributed by atoms with Crippen LogP contribution in [0.3, 0.4) is 0 Å². The number of ketones is 2. The van der Waals surface area contributed by atoms with Gasteiger partial charge in [0.2, 0.25) is 11.7 Å². The molecule has 5 aromatic rings. The zero-order chi connectivity index (χ0) is 85.7. The van der Waals surface area contributed by atoms with Gasteiger partial charge in [-0.2, -0.15) is 10.1 Å². The van der Waals surface area contributed by atoms with Crippen LogP contribution in [-0.4, -0.2) is 284 Å². The topological polar surface area (TPSA) is 379 Å². The van der Waals surface area contributed by atoms with Crippen LogP contribution in [0.4, 0.5) is 16.6 Å². The number of aliphatic hydroxyl groups excluding tert-OH is 2. The Hall–Kier alpha value is -8.44. The van der Waals surface area contributed by atoms with Gasteiger partial charge in [0.1, 0.15) is 53.5 Å². The maximum Gasteiger partial charge on any atom is 0.410 e. The number of anilines is 2. The number of hydrogen-bond donors (Lipinski definition) is 4. The Morgan fingerprint density at radius 2 is 1.40 bits per heavy atom. The second-order valence-electron chi connectivity index (χ2n) is 33.2. The van der Waals surface area contributed by atoms with E-state index in [4.69, 9.17) is 73.1 Å². The number of esters is 1. The Morgan fingerprint density at radius 1 is 0.678 bits per heavy atom. The summed E-state index contributed by atoms with van der Waals surface area (Å²) < 4.78 is 72.4. The van der Waals surface area contributed by atoms with Crippen molar-refractivity contribution in [2.75, 3.05) is 151 Å². The van der Waals surface area contributed by atoms with Crippen molar-refractivity contribution in [3.63, 3.8) is 0 Å². The van der Waals surface area contributed by atoms with E-state index in [9.17, 15) is 39.0 Å². The molecule has 31 nitrogen and oxygen atoms in total. The Balaban J connectivity index is 0.522. The van der Waals surface area contributed by atoms with E-state index in [0.717, 1.165) is 28.7 Å². The monoisotopic (exact) mass is 1680 g/mol. The van der Waals surface area contributed by atoms with Gasteiger partial charge in [-0.25, -0.2) is 24.2 Å². The van der Waals surface area contributed by atoms with Gasteiger partial charge < -0.3 is 92.9 Å². The van der Waals surface area contributed by atoms with Crippen LogP contribution in [0.1, 0.15) is 154 Å². The van der Waals surface area contributed by atoms with E-state index in [1.54, 1.807) is 38.2 Å². The SMILES string of the molecule is CO[C@H]1CC2CCCC(O2)C(=O)C(=O)N2CCCC[C@H]2C(=O)O[C@H](CC[C@@H]2CC[C@@H](OC(=O)N3CCN(CCOCCOCCOCCOCCOCCOCCC(=O)N4CCc5cc(Cn6nc(-c7ccc8oc(N)nc8c7)c7c(N)ncnc76)ccc5C4)CC3)[C@H](OC)C2)C[C@@H](O)[C@H](C)/C=C(\C)[C@@H](O)CC(=O)[C@H](C)C[C@H](C)/C=C/C=CC=C1C. The van der Waals surface area contributed by atoms with Gasteiger partial charge in [0, 0.05) is 103 Å². The molecule has 0 spiro atoms. The van der Waals surface area contributed by atoms with Gasteiger partial charge in [0.15, 0.2) is 11.2 Å². The molecule has 2 bridgehead atoms. The minimum Gasteiger partial charge on any atom is -0.461 e. The van der Waals surface area contributed by atoms with E-state index < -0.39 is 60.1 Å². The molecule has 0 radical (unpaired) electrons. The molecule has 3 amide bonds. The van der Waals surface area contributed by atoms with Crippen molar-refractivity contribution in [3.8, 4) is 11.3 Å². The first-order valence-electron chi connectivity index (χ1n) is 43.6. The molecule has 664 valence electrons. The van der Waals surface area contributed by atoms with Gasteiger partial charge in [-0.3, -0.25) is 24.1 Å². The number of nitrogens with zero attached hydrogens (tertiary/aromatic N) is 9. The Morgan fingerprint density at radius 3 is 2.13 bits per heavy atom. The van der Waals surface area contributed by atoms with Crippen LogP contribution in [0.5, 0.6) is 0 Å².